The van der Waals surface area contributed by atoms with E-state index in [2.05, 4.69) is 33.0 Å². The molecule has 0 radical (unpaired) electrons. The van der Waals surface area contributed by atoms with Crippen molar-refractivity contribution in [1.29, 1.82) is 0 Å². The number of pyridine rings is 1. The summed E-state index contributed by atoms with van der Waals surface area (Å²) >= 11 is 0. The standard InChI is InChI=1S/C12H13N3/c1-2-7-15-11(5-1)9-14-12(15)10-4-3-6-13-8-10/h1-2,4-5,7,9,13H,3,6,8H2. The SMILES string of the molecule is C1=C(c2ncc3ccccn23)CNCC1. The van der Waals surface area contributed by atoms with Gasteiger partial charge in [-0.15, -0.1) is 0 Å². The smallest absolute Gasteiger partial charge is 0.141 e. The number of hydrogen-bond donors (Lipinski definition) is 1. The van der Waals surface area contributed by atoms with E-state index in [9.17, 15) is 0 Å². The first-order valence-electron chi connectivity index (χ1n) is 5.27. The second-order valence-corrected chi connectivity index (χ2v) is 3.77. The zero-order valence-corrected chi connectivity index (χ0v) is 8.48. The Morgan fingerprint density at radius 1 is 1.33 bits per heavy atom. The van der Waals surface area contributed by atoms with E-state index >= 15 is 0 Å². The summed E-state index contributed by atoms with van der Waals surface area (Å²) in [5.74, 6) is 1.07. The van der Waals surface area contributed by atoms with Gasteiger partial charge in [-0.1, -0.05) is 12.1 Å². The van der Waals surface area contributed by atoms with Gasteiger partial charge in [0, 0.05) is 18.3 Å². The van der Waals surface area contributed by atoms with Gasteiger partial charge in [0.25, 0.3) is 0 Å². The lowest BCUT2D eigenvalue weighted by Gasteiger charge is -2.13. The summed E-state index contributed by atoms with van der Waals surface area (Å²) in [6, 6.07) is 6.15. The first-order chi connectivity index (χ1) is 7.45. The average Bonchev–Trinajstić information content (AvgIpc) is 2.74. The van der Waals surface area contributed by atoms with Crippen molar-refractivity contribution in [3.63, 3.8) is 0 Å². The van der Waals surface area contributed by atoms with E-state index in [1.165, 1.54) is 5.57 Å². The first kappa shape index (κ1) is 8.68. The number of rotatable bonds is 1. The van der Waals surface area contributed by atoms with Crippen LogP contribution in [-0.2, 0) is 0 Å². The maximum atomic E-state index is 4.47. The summed E-state index contributed by atoms with van der Waals surface area (Å²) in [5, 5.41) is 3.37. The van der Waals surface area contributed by atoms with Crippen molar-refractivity contribution in [2.24, 2.45) is 0 Å². The quantitative estimate of drug-likeness (QED) is 0.757. The molecule has 0 saturated carbocycles. The van der Waals surface area contributed by atoms with Crippen LogP contribution in [-0.4, -0.2) is 22.5 Å². The predicted octanol–water partition coefficient (Wildman–Crippen LogP) is 1.71. The Morgan fingerprint density at radius 3 is 3.20 bits per heavy atom. The van der Waals surface area contributed by atoms with Crippen LogP contribution >= 0.6 is 0 Å². The highest BCUT2D eigenvalue weighted by atomic mass is 15.0. The molecule has 3 heteroatoms. The molecule has 3 nitrogen and oxygen atoms in total. The average molecular weight is 199 g/mol. The molecule has 1 aliphatic rings. The number of fused-ring (bicyclic) bond motifs is 1. The molecule has 0 aliphatic carbocycles. The Balaban J connectivity index is 2.14. The lowest BCUT2D eigenvalue weighted by atomic mass is 10.1. The molecule has 15 heavy (non-hydrogen) atoms. The molecule has 0 unspecified atom stereocenters. The molecule has 76 valence electrons. The molecule has 1 N–H and O–H groups in total. The first-order valence-corrected chi connectivity index (χ1v) is 5.27. The molecule has 0 aromatic carbocycles. The Kier molecular flexibility index (Phi) is 2.03. The Morgan fingerprint density at radius 2 is 2.33 bits per heavy atom. The molecule has 0 spiro atoms. The van der Waals surface area contributed by atoms with Crippen molar-refractivity contribution >= 4 is 11.1 Å². The van der Waals surface area contributed by atoms with Gasteiger partial charge in [-0.25, -0.2) is 4.98 Å². The summed E-state index contributed by atoms with van der Waals surface area (Å²) < 4.78 is 2.14. The fourth-order valence-electron chi connectivity index (χ4n) is 2.00. The highest BCUT2D eigenvalue weighted by Gasteiger charge is 2.10. The van der Waals surface area contributed by atoms with Gasteiger partial charge >= 0.3 is 0 Å². The van der Waals surface area contributed by atoms with Crippen LogP contribution in [0.3, 0.4) is 0 Å². The summed E-state index contributed by atoms with van der Waals surface area (Å²) in [6.07, 6.45) is 7.35. The topological polar surface area (TPSA) is 29.3 Å². The second-order valence-electron chi connectivity index (χ2n) is 3.77. The number of hydrogen-bond acceptors (Lipinski definition) is 2. The lowest BCUT2D eigenvalue weighted by Crippen LogP contribution is -2.22. The number of imidazole rings is 1. The molecule has 1 aliphatic heterocycles. The van der Waals surface area contributed by atoms with Gasteiger partial charge in [0.1, 0.15) is 5.82 Å². The number of nitrogens with one attached hydrogen (secondary N) is 1. The van der Waals surface area contributed by atoms with Gasteiger partial charge in [0.05, 0.1) is 11.7 Å². The third-order valence-electron chi connectivity index (χ3n) is 2.75. The van der Waals surface area contributed by atoms with Gasteiger partial charge in [-0.3, -0.25) is 0 Å². The molecule has 3 rings (SSSR count). The molecular formula is C12H13N3. The van der Waals surface area contributed by atoms with Gasteiger partial charge in [0.15, 0.2) is 0 Å². The maximum absolute atomic E-state index is 4.47. The number of aromatic nitrogens is 2. The zero-order chi connectivity index (χ0) is 10.1. The van der Waals surface area contributed by atoms with Crippen LogP contribution in [0.2, 0.25) is 0 Å². The van der Waals surface area contributed by atoms with E-state index in [4.69, 9.17) is 0 Å². The molecular weight excluding hydrogens is 186 g/mol. The zero-order valence-electron chi connectivity index (χ0n) is 8.48. The van der Waals surface area contributed by atoms with Crippen molar-refractivity contribution in [2.75, 3.05) is 13.1 Å². The van der Waals surface area contributed by atoms with Gasteiger partial charge < -0.3 is 9.72 Å². The third-order valence-corrected chi connectivity index (χ3v) is 2.75. The molecule has 0 atom stereocenters. The largest absolute Gasteiger partial charge is 0.312 e. The van der Waals surface area contributed by atoms with Crippen LogP contribution < -0.4 is 5.32 Å². The minimum Gasteiger partial charge on any atom is -0.312 e. The molecule has 0 bridgehead atoms. The van der Waals surface area contributed by atoms with Gasteiger partial charge in [-0.05, 0) is 25.1 Å². The van der Waals surface area contributed by atoms with Crippen molar-refractivity contribution in [3.8, 4) is 0 Å². The summed E-state index contributed by atoms with van der Waals surface area (Å²) in [6.45, 7) is 2.00. The van der Waals surface area contributed by atoms with E-state index in [0.717, 1.165) is 30.9 Å². The summed E-state index contributed by atoms with van der Waals surface area (Å²) in [4.78, 5) is 4.47. The van der Waals surface area contributed by atoms with Crippen LogP contribution in [0.1, 0.15) is 12.2 Å². The molecule has 3 heterocycles. The normalized spacial score (nSPS) is 16.7. The Hall–Kier alpha value is -1.61. The van der Waals surface area contributed by atoms with E-state index in [1.807, 2.05) is 18.3 Å². The highest BCUT2D eigenvalue weighted by molar-refractivity contribution is 5.66. The minimum atomic E-state index is 0.925. The fourth-order valence-corrected chi connectivity index (χ4v) is 2.00. The van der Waals surface area contributed by atoms with Crippen LogP contribution in [0.25, 0.3) is 11.1 Å². The Bertz CT molecular complexity index is 510. The minimum absolute atomic E-state index is 0.925. The van der Waals surface area contributed by atoms with Crippen molar-refractivity contribution in [3.05, 3.63) is 42.5 Å². The molecule has 2 aromatic rings. The second kappa shape index (κ2) is 3.51. The van der Waals surface area contributed by atoms with E-state index < -0.39 is 0 Å². The molecule has 0 saturated heterocycles. The maximum Gasteiger partial charge on any atom is 0.141 e. The highest BCUT2D eigenvalue weighted by Crippen LogP contribution is 2.17. The van der Waals surface area contributed by atoms with E-state index in [1.54, 1.807) is 0 Å². The van der Waals surface area contributed by atoms with Crippen LogP contribution in [0.15, 0.2) is 36.7 Å². The fraction of sp³-hybridized carbons (Fsp3) is 0.250. The summed E-state index contributed by atoms with van der Waals surface area (Å²) in [5.41, 5.74) is 2.45. The lowest BCUT2D eigenvalue weighted by molar-refractivity contribution is 0.734. The van der Waals surface area contributed by atoms with Crippen molar-refractivity contribution in [2.45, 2.75) is 6.42 Å². The third kappa shape index (κ3) is 1.45. The van der Waals surface area contributed by atoms with Crippen LogP contribution in [0, 0.1) is 0 Å². The van der Waals surface area contributed by atoms with E-state index in [-0.39, 0.29) is 0 Å². The monoisotopic (exact) mass is 199 g/mol. The van der Waals surface area contributed by atoms with E-state index in [0.29, 0.717) is 0 Å². The molecule has 2 aromatic heterocycles. The summed E-state index contributed by atoms with van der Waals surface area (Å²) in [7, 11) is 0. The molecule has 0 fully saturated rings. The van der Waals surface area contributed by atoms with Crippen molar-refractivity contribution < 1.29 is 0 Å². The number of nitrogens with zero attached hydrogens (tertiary/aromatic N) is 2. The van der Waals surface area contributed by atoms with Crippen LogP contribution in [0.4, 0.5) is 0 Å². The van der Waals surface area contributed by atoms with Crippen LogP contribution in [0.5, 0.6) is 0 Å². The van der Waals surface area contributed by atoms with Crippen molar-refractivity contribution in [1.82, 2.24) is 14.7 Å². The molecule has 0 amide bonds. The Labute approximate surface area is 88.4 Å². The van der Waals surface area contributed by atoms with Gasteiger partial charge in [-0.2, -0.15) is 0 Å². The van der Waals surface area contributed by atoms with Gasteiger partial charge in [0.2, 0.25) is 0 Å². The predicted molar refractivity (Wildman–Crippen MR) is 60.7 cm³/mol.